The maximum absolute atomic E-state index is 6.02. The lowest BCUT2D eigenvalue weighted by Gasteiger charge is -2.18. The Bertz CT molecular complexity index is 582. The van der Waals surface area contributed by atoms with Gasteiger partial charge in [-0.2, -0.15) is 0 Å². The molecule has 0 radical (unpaired) electrons. The normalized spacial score (nSPS) is 11.8. The van der Waals surface area contributed by atoms with Gasteiger partial charge in [-0.05, 0) is 31.2 Å². The van der Waals surface area contributed by atoms with Crippen molar-refractivity contribution in [2.45, 2.75) is 13.0 Å². The Labute approximate surface area is 119 Å². The number of nitrogens with two attached hydrogens (primary N) is 1. The quantitative estimate of drug-likeness (QED) is 0.905. The van der Waals surface area contributed by atoms with Crippen LogP contribution in [0.3, 0.4) is 0 Å². The summed E-state index contributed by atoms with van der Waals surface area (Å²) in [5.74, 6) is 2.70. The summed E-state index contributed by atoms with van der Waals surface area (Å²) < 4.78 is 16.6. The molecule has 0 aliphatic carbocycles. The molecule has 2 rings (SSSR count). The van der Waals surface area contributed by atoms with Gasteiger partial charge < -0.3 is 19.9 Å². The molecule has 0 aliphatic heterocycles. The van der Waals surface area contributed by atoms with Crippen LogP contribution in [0.25, 0.3) is 0 Å². The third-order valence-corrected chi connectivity index (χ3v) is 2.99. The van der Waals surface area contributed by atoms with E-state index in [0.29, 0.717) is 23.0 Å². The van der Waals surface area contributed by atoms with Gasteiger partial charge in [0.1, 0.15) is 11.5 Å². The highest BCUT2D eigenvalue weighted by atomic mass is 16.5. The van der Waals surface area contributed by atoms with Crippen molar-refractivity contribution in [3.8, 4) is 23.0 Å². The summed E-state index contributed by atoms with van der Waals surface area (Å²) in [6, 6.07) is 12.9. The highest BCUT2D eigenvalue weighted by Gasteiger charge is 2.16. The molecule has 0 bridgehead atoms. The molecule has 1 atom stereocenters. The molecule has 0 aliphatic rings. The second kappa shape index (κ2) is 6.30. The molecule has 0 aromatic heterocycles. The molecule has 0 amide bonds. The van der Waals surface area contributed by atoms with E-state index in [1.54, 1.807) is 14.2 Å². The predicted molar refractivity (Wildman–Crippen MR) is 78.7 cm³/mol. The second-order valence-corrected chi connectivity index (χ2v) is 4.41. The van der Waals surface area contributed by atoms with Crippen LogP contribution < -0.4 is 19.9 Å². The number of ether oxygens (including phenoxy) is 3. The van der Waals surface area contributed by atoms with Crippen molar-refractivity contribution in [3.05, 3.63) is 48.0 Å². The molecule has 20 heavy (non-hydrogen) atoms. The lowest BCUT2D eigenvalue weighted by Crippen LogP contribution is -2.08. The summed E-state index contributed by atoms with van der Waals surface area (Å²) in [5.41, 5.74) is 6.86. The molecule has 2 N–H and O–H groups in total. The minimum absolute atomic E-state index is 0.198. The van der Waals surface area contributed by atoms with Gasteiger partial charge in [0.05, 0.1) is 19.8 Å². The molecule has 0 spiro atoms. The van der Waals surface area contributed by atoms with Crippen LogP contribution in [0, 0.1) is 0 Å². The van der Waals surface area contributed by atoms with E-state index in [-0.39, 0.29) is 6.04 Å². The number of hydrogen-bond donors (Lipinski definition) is 1. The van der Waals surface area contributed by atoms with Crippen LogP contribution in [0.5, 0.6) is 23.0 Å². The van der Waals surface area contributed by atoms with Gasteiger partial charge in [0.15, 0.2) is 11.5 Å². The van der Waals surface area contributed by atoms with Gasteiger partial charge in [-0.25, -0.2) is 0 Å². The molecule has 0 heterocycles. The number of para-hydroxylation sites is 2. The van der Waals surface area contributed by atoms with Gasteiger partial charge in [-0.15, -0.1) is 0 Å². The van der Waals surface area contributed by atoms with Gasteiger partial charge in [0.2, 0.25) is 0 Å². The van der Waals surface area contributed by atoms with Crippen LogP contribution >= 0.6 is 0 Å². The fraction of sp³-hybridized carbons (Fsp3) is 0.250. The minimum atomic E-state index is -0.198. The largest absolute Gasteiger partial charge is 0.496 e. The fourth-order valence-corrected chi connectivity index (χ4v) is 2.06. The van der Waals surface area contributed by atoms with Crippen molar-refractivity contribution in [2.75, 3.05) is 14.2 Å². The predicted octanol–water partition coefficient (Wildman–Crippen LogP) is 3.52. The molecule has 0 fully saturated rings. The van der Waals surface area contributed by atoms with Gasteiger partial charge >= 0.3 is 0 Å². The van der Waals surface area contributed by atoms with E-state index < -0.39 is 0 Å². The summed E-state index contributed by atoms with van der Waals surface area (Å²) in [6.45, 7) is 1.90. The molecule has 4 heteroatoms. The number of methoxy groups -OCH3 is 2. The lowest BCUT2D eigenvalue weighted by molar-refractivity contribution is 0.371. The third kappa shape index (κ3) is 2.86. The van der Waals surface area contributed by atoms with E-state index in [4.69, 9.17) is 19.9 Å². The summed E-state index contributed by atoms with van der Waals surface area (Å²) in [5, 5.41) is 0. The zero-order valence-corrected chi connectivity index (χ0v) is 11.9. The van der Waals surface area contributed by atoms with Crippen LogP contribution in [0.2, 0.25) is 0 Å². The first-order valence-corrected chi connectivity index (χ1v) is 6.40. The van der Waals surface area contributed by atoms with Crippen molar-refractivity contribution < 1.29 is 14.2 Å². The van der Waals surface area contributed by atoms with E-state index >= 15 is 0 Å². The zero-order valence-electron chi connectivity index (χ0n) is 11.9. The standard InChI is InChI=1S/C16H19NO3/c1-11(17)16-14(19-3)9-6-10-15(16)20-13-8-5-4-7-12(13)18-2/h4-11H,17H2,1-3H3/t11-/m0/s1. The van der Waals surface area contributed by atoms with Crippen molar-refractivity contribution in [2.24, 2.45) is 5.73 Å². The highest BCUT2D eigenvalue weighted by molar-refractivity contribution is 5.50. The monoisotopic (exact) mass is 273 g/mol. The number of rotatable bonds is 5. The zero-order chi connectivity index (χ0) is 14.5. The Balaban J connectivity index is 2.43. The fourth-order valence-electron chi connectivity index (χ4n) is 2.06. The Hall–Kier alpha value is -2.20. The van der Waals surface area contributed by atoms with E-state index in [1.807, 2.05) is 49.4 Å². The topological polar surface area (TPSA) is 53.7 Å². The van der Waals surface area contributed by atoms with E-state index in [1.165, 1.54) is 0 Å². The van der Waals surface area contributed by atoms with Gasteiger partial charge in [0.25, 0.3) is 0 Å². The first-order valence-electron chi connectivity index (χ1n) is 6.40. The molecule has 0 saturated heterocycles. The molecule has 0 saturated carbocycles. The Kier molecular flexibility index (Phi) is 4.48. The van der Waals surface area contributed by atoms with Crippen LogP contribution in [0.4, 0.5) is 0 Å². The third-order valence-electron chi connectivity index (χ3n) is 2.99. The summed E-state index contributed by atoms with van der Waals surface area (Å²) in [6.07, 6.45) is 0. The number of hydrogen-bond acceptors (Lipinski definition) is 4. The van der Waals surface area contributed by atoms with Crippen LogP contribution in [-0.2, 0) is 0 Å². The molecular formula is C16H19NO3. The Morgan fingerprint density at radius 3 is 1.95 bits per heavy atom. The molecule has 2 aromatic carbocycles. The number of benzene rings is 2. The van der Waals surface area contributed by atoms with Crippen LogP contribution in [0.15, 0.2) is 42.5 Å². The smallest absolute Gasteiger partial charge is 0.169 e. The summed E-state index contributed by atoms with van der Waals surface area (Å²) in [7, 11) is 3.23. The SMILES string of the molecule is COc1ccccc1Oc1cccc(OC)c1[C@H](C)N. The Morgan fingerprint density at radius 2 is 1.35 bits per heavy atom. The van der Waals surface area contributed by atoms with Gasteiger partial charge in [0, 0.05) is 6.04 Å². The van der Waals surface area contributed by atoms with E-state index in [9.17, 15) is 0 Å². The van der Waals surface area contributed by atoms with Gasteiger partial charge in [-0.1, -0.05) is 18.2 Å². The highest BCUT2D eigenvalue weighted by Crippen LogP contribution is 2.38. The first-order chi connectivity index (χ1) is 9.67. The van der Waals surface area contributed by atoms with Crippen molar-refractivity contribution in [1.82, 2.24) is 0 Å². The van der Waals surface area contributed by atoms with Crippen molar-refractivity contribution >= 4 is 0 Å². The van der Waals surface area contributed by atoms with Crippen LogP contribution in [-0.4, -0.2) is 14.2 Å². The van der Waals surface area contributed by atoms with E-state index in [0.717, 1.165) is 5.56 Å². The van der Waals surface area contributed by atoms with Crippen molar-refractivity contribution in [1.29, 1.82) is 0 Å². The first kappa shape index (κ1) is 14.2. The Morgan fingerprint density at radius 1 is 0.800 bits per heavy atom. The van der Waals surface area contributed by atoms with Gasteiger partial charge in [-0.3, -0.25) is 0 Å². The molecule has 0 unspecified atom stereocenters. The summed E-state index contributed by atoms with van der Waals surface area (Å²) >= 11 is 0. The average molecular weight is 273 g/mol. The van der Waals surface area contributed by atoms with E-state index in [2.05, 4.69) is 0 Å². The molecule has 106 valence electrons. The van der Waals surface area contributed by atoms with Crippen LogP contribution in [0.1, 0.15) is 18.5 Å². The minimum Gasteiger partial charge on any atom is -0.496 e. The molecule has 4 nitrogen and oxygen atoms in total. The molecular weight excluding hydrogens is 254 g/mol. The maximum Gasteiger partial charge on any atom is 0.169 e. The second-order valence-electron chi connectivity index (χ2n) is 4.41. The van der Waals surface area contributed by atoms with Crippen molar-refractivity contribution in [3.63, 3.8) is 0 Å². The lowest BCUT2D eigenvalue weighted by atomic mass is 10.1. The summed E-state index contributed by atoms with van der Waals surface area (Å²) in [4.78, 5) is 0. The average Bonchev–Trinajstić information content (AvgIpc) is 2.47. The molecule has 2 aromatic rings. The maximum atomic E-state index is 6.02.